The maximum atomic E-state index is 12.1. The van der Waals surface area contributed by atoms with Crippen molar-refractivity contribution in [3.05, 3.63) is 81.5 Å². The number of aryl methyl sites for hydroxylation is 2. The van der Waals surface area contributed by atoms with Gasteiger partial charge in [0.1, 0.15) is 28.8 Å². The average Bonchev–Trinajstić information content (AvgIpc) is 3.24. The summed E-state index contributed by atoms with van der Waals surface area (Å²) in [6.07, 6.45) is 2.85. The number of hydrogen-bond acceptors (Lipinski definition) is 6. The van der Waals surface area contributed by atoms with Gasteiger partial charge < -0.3 is 13.9 Å². The predicted octanol–water partition coefficient (Wildman–Crippen LogP) is 4.34. The van der Waals surface area contributed by atoms with Crippen molar-refractivity contribution in [1.82, 2.24) is 9.78 Å². The second-order valence-corrected chi connectivity index (χ2v) is 6.91. The minimum atomic E-state index is -0.574. The Labute approximate surface area is 178 Å². The number of carbonyl (C=O) groups excluding carboxylic acids is 2. The summed E-state index contributed by atoms with van der Waals surface area (Å²) in [5.41, 5.74) is 2.71. The summed E-state index contributed by atoms with van der Waals surface area (Å²) >= 11 is 6.44. The molecule has 8 heteroatoms. The normalized spacial score (nSPS) is 11.1. The topological polar surface area (TPSA) is 83.6 Å². The Morgan fingerprint density at radius 1 is 1.23 bits per heavy atom. The van der Waals surface area contributed by atoms with E-state index in [1.807, 2.05) is 37.3 Å². The quantitative estimate of drug-likeness (QED) is 0.411. The fourth-order valence-corrected chi connectivity index (χ4v) is 3.18. The van der Waals surface area contributed by atoms with Crippen molar-refractivity contribution in [1.29, 1.82) is 0 Å². The Morgan fingerprint density at radius 2 is 1.97 bits per heavy atom. The molecular weight excluding hydrogens is 408 g/mol. The summed E-state index contributed by atoms with van der Waals surface area (Å²) in [6.45, 7) is 3.87. The van der Waals surface area contributed by atoms with E-state index in [9.17, 15) is 9.59 Å². The summed E-state index contributed by atoms with van der Waals surface area (Å²) in [4.78, 5) is 23.7. The Kier molecular flexibility index (Phi) is 6.74. The van der Waals surface area contributed by atoms with Gasteiger partial charge in [0.05, 0.1) is 19.3 Å². The molecule has 0 fully saturated rings. The number of halogens is 1. The van der Waals surface area contributed by atoms with Gasteiger partial charge in [-0.25, -0.2) is 14.3 Å². The third-order valence-electron chi connectivity index (χ3n) is 4.40. The van der Waals surface area contributed by atoms with E-state index in [4.69, 9.17) is 20.8 Å². The van der Waals surface area contributed by atoms with Crippen LogP contribution < -0.4 is 0 Å². The summed E-state index contributed by atoms with van der Waals surface area (Å²) in [7, 11) is 1.29. The van der Waals surface area contributed by atoms with Crippen LogP contribution in [0.5, 0.6) is 0 Å². The van der Waals surface area contributed by atoms with Crippen LogP contribution >= 0.6 is 11.6 Å². The van der Waals surface area contributed by atoms with Gasteiger partial charge in [0.25, 0.3) is 0 Å². The third kappa shape index (κ3) is 4.99. The van der Waals surface area contributed by atoms with E-state index in [-0.39, 0.29) is 6.61 Å². The molecule has 0 bridgehead atoms. The lowest BCUT2D eigenvalue weighted by Gasteiger charge is -2.03. The van der Waals surface area contributed by atoms with E-state index in [1.54, 1.807) is 17.7 Å². The van der Waals surface area contributed by atoms with Crippen molar-refractivity contribution in [3.8, 4) is 0 Å². The monoisotopic (exact) mass is 428 g/mol. The Hall–Kier alpha value is -3.32. The summed E-state index contributed by atoms with van der Waals surface area (Å²) in [5.74, 6) is -0.336. The van der Waals surface area contributed by atoms with Crippen LogP contribution in [-0.2, 0) is 27.4 Å². The highest BCUT2D eigenvalue weighted by molar-refractivity contribution is 6.31. The molecule has 0 N–H and O–H groups in total. The molecule has 3 rings (SSSR count). The maximum absolute atomic E-state index is 12.1. The van der Waals surface area contributed by atoms with Crippen LogP contribution in [-0.4, -0.2) is 28.8 Å². The van der Waals surface area contributed by atoms with Gasteiger partial charge >= 0.3 is 11.9 Å². The lowest BCUT2D eigenvalue weighted by Crippen LogP contribution is -2.02. The minimum absolute atomic E-state index is 0.110. The number of hydrogen-bond donors (Lipinski definition) is 0. The number of aromatic nitrogens is 2. The van der Waals surface area contributed by atoms with Crippen LogP contribution in [0, 0.1) is 13.8 Å². The summed E-state index contributed by atoms with van der Waals surface area (Å²) in [5, 5.41) is 4.87. The van der Waals surface area contributed by atoms with Crippen molar-refractivity contribution in [2.24, 2.45) is 0 Å². The smallest absolute Gasteiger partial charge is 0.341 e. The molecule has 156 valence electrons. The Bertz CT molecular complexity index is 1080. The first-order chi connectivity index (χ1) is 14.4. The Morgan fingerprint density at radius 3 is 2.67 bits per heavy atom. The number of ether oxygens (including phenoxy) is 2. The lowest BCUT2D eigenvalue weighted by molar-refractivity contribution is -0.139. The van der Waals surface area contributed by atoms with Gasteiger partial charge in [0, 0.05) is 11.6 Å². The molecule has 0 spiro atoms. The second-order valence-electron chi connectivity index (χ2n) is 6.55. The van der Waals surface area contributed by atoms with Gasteiger partial charge in [-0.15, -0.1) is 0 Å². The van der Waals surface area contributed by atoms with Crippen LogP contribution in [0.25, 0.3) is 6.08 Å². The van der Waals surface area contributed by atoms with Crippen molar-refractivity contribution in [2.45, 2.75) is 27.0 Å². The SMILES string of the molecule is COC(=O)c1cc(COC(=O)/C=C/c2c(C)nn(Cc3ccccc3)c2Cl)oc1C. The highest BCUT2D eigenvalue weighted by atomic mass is 35.5. The number of rotatable bonds is 7. The van der Waals surface area contributed by atoms with Crippen LogP contribution in [0.15, 0.2) is 46.9 Å². The van der Waals surface area contributed by atoms with Crippen molar-refractivity contribution in [2.75, 3.05) is 7.11 Å². The fraction of sp³-hybridized carbons (Fsp3) is 0.227. The first kappa shape index (κ1) is 21.4. The number of methoxy groups -OCH3 is 1. The van der Waals surface area contributed by atoms with Gasteiger partial charge in [0.2, 0.25) is 0 Å². The average molecular weight is 429 g/mol. The first-order valence-electron chi connectivity index (χ1n) is 9.18. The third-order valence-corrected chi connectivity index (χ3v) is 4.80. The van der Waals surface area contributed by atoms with E-state index in [1.165, 1.54) is 19.3 Å². The van der Waals surface area contributed by atoms with Crippen molar-refractivity contribution < 1.29 is 23.5 Å². The van der Waals surface area contributed by atoms with Crippen LogP contribution in [0.4, 0.5) is 0 Å². The molecule has 0 amide bonds. The van der Waals surface area contributed by atoms with Crippen LogP contribution in [0.2, 0.25) is 5.15 Å². The fourth-order valence-electron chi connectivity index (χ4n) is 2.89. The van der Waals surface area contributed by atoms with E-state index in [0.29, 0.717) is 40.0 Å². The van der Waals surface area contributed by atoms with Gasteiger partial charge in [-0.2, -0.15) is 5.10 Å². The molecule has 30 heavy (non-hydrogen) atoms. The molecule has 0 radical (unpaired) electrons. The highest BCUT2D eigenvalue weighted by Gasteiger charge is 2.16. The summed E-state index contributed by atoms with van der Waals surface area (Å²) < 4.78 is 16.9. The standard InChI is InChI=1S/C22H21ClN2O5/c1-14-18(21(23)25(24-14)12-16-7-5-4-6-8-16)9-10-20(26)29-13-17-11-19(15(2)30-17)22(27)28-3/h4-11H,12-13H2,1-3H3/b10-9+. The molecule has 0 saturated heterocycles. The molecule has 0 aliphatic rings. The number of nitrogens with zero attached hydrogens (tertiary/aromatic N) is 2. The molecule has 0 aliphatic carbocycles. The number of carbonyl (C=O) groups is 2. The van der Waals surface area contributed by atoms with Crippen LogP contribution in [0.3, 0.4) is 0 Å². The van der Waals surface area contributed by atoms with Crippen LogP contribution in [0.1, 0.15) is 38.7 Å². The molecule has 7 nitrogen and oxygen atoms in total. The first-order valence-corrected chi connectivity index (χ1v) is 9.56. The zero-order valence-electron chi connectivity index (χ0n) is 16.8. The number of benzene rings is 1. The molecule has 2 heterocycles. The lowest BCUT2D eigenvalue weighted by atomic mass is 10.2. The molecule has 1 aromatic carbocycles. The van der Waals surface area contributed by atoms with Crippen molar-refractivity contribution in [3.63, 3.8) is 0 Å². The zero-order valence-corrected chi connectivity index (χ0v) is 17.6. The van der Waals surface area contributed by atoms with E-state index < -0.39 is 11.9 Å². The maximum Gasteiger partial charge on any atom is 0.341 e. The molecule has 0 unspecified atom stereocenters. The Balaban J connectivity index is 1.63. The molecule has 0 atom stereocenters. The predicted molar refractivity (Wildman–Crippen MR) is 111 cm³/mol. The van der Waals surface area contributed by atoms with Gasteiger partial charge in [-0.1, -0.05) is 41.9 Å². The highest BCUT2D eigenvalue weighted by Crippen LogP contribution is 2.22. The molecule has 0 saturated carbocycles. The second kappa shape index (κ2) is 9.45. The molecule has 2 aromatic heterocycles. The van der Waals surface area contributed by atoms with Gasteiger partial charge in [0.15, 0.2) is 0 Å². The zero-order chi connectivity index (χ0) is 21.7. The largest absolute Gasteiger partial charge is 0.465 e. The molecule has 3 aromatic rings. The minimum Gasteiger partial charge on any atom is -0.465 e. The summed E-state index contributed by atoms with van der Waals surface area (Å²) in [6, 6.07) is 11.3. The van der Waals surface area contributed by atoms with Gasteiger partial charge in [-0.05, 0) is 31.6 Å². The van der Waals surface area contributed by atoms with Crippen molar-refractivity contribution >= 4 is 29.6 Å². The van der Waals surface area contributed by atoms with Gasteiger partial charge in [-0.3, -0.25) is 0 Å². The number of furan rings is 1. The van der Waals surface area contributed by atoms with E-state index >= 15 is 0 Å². The van der Waals surface area contributed by atoms with E-state index in [2.05, 4.69) is 9.84 Å². The van der Waals surface area contributed by atoms with E-state index in [0.717, 1.165) is 5.56 Å². The number of esters is 2. The molecular formula is C22H21ClN2O5. The molecule has 0 aliphatic heterocycles.